The van der Waals surface area contributed by atoms with Gasteiger partial charge >= 0.3 is 6.09 Å². The lowest BCUT2D eigenvalue weighted by molar-refractivity contribution is 0.172. The molecule has 1 amide bonds. The van der Waals surface area contributed by atoms with Gasteiger partial charge in [0.25, 0.3) is 0 Å². The van der Waals surface area contributed by atoms with Crippen molar-refractivity contribution in [1.29, 1.82) is 0 Å². The van der Waals surface area contributed by atoms with E-state index < -0.39 is 6.09 Å². The van der Waals surface area contributed by atoms with E-state index in [1.807, 2.05) is 31.2 Å². The maximum atomic E-state index is 11.4. The van der Waals surface area contributed by atoms with Crippen LogP contribution < -0.4 is 10.2 Å². The molecule has 0 saturated carbocycles. The van der Waals surface area contributed by atoms with Gasteiger partial charge in [-0.05, 0) is 61.4 Å². The normalized spacial score (nSPS) is 17.5. The predicted octanol–water partition coefficient (Wildman–Crippen LogP) is 4.82. The van der Waals surface area contributed by atoms with Gasteiger partial charge in [0, 0.05) is 24.5 Å². The maximum absolute atomic E-state index is 11.4. The smallest absolute Gasteiger partial charge is 0.404 e. The Labute approximate surface area is 188 Å². The number of carboxylic acid groups (broad SMARTS) is 1. The van der Waals surface area contributed by atoms with Crippen LogP contribution in [0.5, 0.6) is 5.75 Å². The quantitative estimate of drug-likeness (QED) is 0.533. The lowest BCUT2D eigenvalue weighted by Crippen LogP contribution is -2.50. The number of amides is 1. The van der Waals surface area contributed by atoms with Crippen LogP contribution in [-0.2, 0) is 0 Å². The first-order valence-electron chi connectivity index (χ1n) is 11.1. The van der Waals surface area contributed by atoms with Gasteiger partial charge in [-0.2, -0.15) is 0 Å². The monoisotopic (exact) mass is 434 g/mol. The highest BCUT2D eigenvalue weighted by atomic mass is 16.4. The SMILES string of the molecule is Cc1ccc2c(N3CCCC(C(NC(=O)O)C(C)C)C3)nc(-c3ccccc3O)nc2c1. The number of rotatable bonds is 5. The average molecular weight is 435 g/mol. The molecule has 1 aliphatic rings. The lowest BCUT2D eigenvalue weighted by Gasteiger charge is -2.39. The van der Waals surface area contributed by atoms with Crippen molar-refractivity contribution in [3.05, 3.63) is 48.0 Å². The second-order valence-electron chi connectivity index (χ2n) is 8.98. The van der Waals surface area contributed by atoms with Crippen LogP contribution in [0.2, 0.25) is 0 Å². The number of phenols is 1. The first kappa shape index (κ1) is 21.9. The van der Waals surface area contributed by atoms with Gasteiger partial charge in [-0.25, -0.2) is 14.8 Å². The van der Waals surface area contributed by atoms with Gasteiger partial charge in [0.05, 0.1) is 11.1 Å². The van der Waals surface area contributed by atoms with Crippen LogP contribution >= 0.6 is 0 Å². The molecule has 1 aromatic heterocycles. The van der Waals surface area contributed by atoms with Gasteiger partial charge in [-0.3, -0.25) is 0 Å². The molecule has 1 fully saturated rings. The molecule has 1 saturated heterocycles. The molecule has 2 unspecified atom stereocenters. The summed E-state index contributed by atoms with van der Waals surface area (Å²) in [6, 6.07) is 13.1. The Kier molecular flexibility index (Phi) is 6.17. The molecule has 4 rings (SSSR count). The molecule has 7 nitrogen and oxygen atoms in total. The highest BCUT2D eigenvalue weighted by Crippen LogP contribution is 2.34. The lowest BCUT2D eigenvalue weighted by atomic mass is 9.84. The zero-order valence-electron chi connectivity index (χ0n) is 18.7. The number of piperidine rings is 1. The summed E-state index contributed by atoms with van der Waals surface area (Å²) < 4.78 is 0. The predicted molar refractivity (Wildman–Crippen MR) is 126 cm³/mol. The van der Waals surface area contributed by atoms with Crippen LogP contribution in [-0.4, -0.2) is 45.4 Å². The number of carbonyl (C=O) groups is 1. The summed E-state index contributed by atoms with van der Waals surface area (Å²) in [6.07, 6.45) is 0.942. The summed E-state index contributed by atoms with van der Waals surface area (Å²) in [5, 5.41) is 23.4. The van der Waals surface area contributed by atoms with Crippen molar-refractivity contribution < 1.29 is 15.0 Å². The van der Waals surface area contributed by atoms with Crippen LogP contribution in [0.25, 0.3) is 22.3 Å². The van der Waals surface area contributed by atoms with Crippen molar-refractivity contribution in [2.75, 3.05) is 18.0 Å². The summed E-state index contributed by atoms with van der Waals surface area (Å²) >= 11 is 0. The highest BCUT2D eigenvalue weighted by molar-refractivity contribution is 5.92. The van der Waals surface area contributed by atoms with E-state index in [1.54, 1.807) is 12.1 Å². The third-order valence-electron chi connectivity index (χ3n) is 6.25. The number of nitrogens with zero attached hydrogens (tertiary/aromatic N) is 3. The first-order valence-corrected chi connectivity index (χ1v) is 11.1. The van der Waals surface area contributed by atoms with Crippen molar-refractivity contribution in [2.45, 2.75) is 39.7 Å². The average Bonchev–Trinajstić information content (AvgIpc) is 2.76. The van der Waals surface area contributed by atoms with Crippen molar-refractivity contribution in [2.24, 2.45) is 11.8 Å². The topological polar surface area (TPSA) is 98.6 Å². The van der Waals surface area contributed by atoms with E-state index in [4.69, 9.17) is 9.97 Å². The summed E-state index contributed by atoms with van der Waals surface area (Å²) in [5.41, 5.74) is 2.53. The van der Waals surface area contributed by atoms with Crippen LogP contribution in [0, 0.1) is 18.8 Å². The Morgan fingerprint density at radius 3 is 2.69 bits per heavy atom. The molecule has 3 N–H and O–H groups in total. The Morgan fingerprint density at radius 1 is 1.19 bits per heavy atom. The Balaban J connectivity index is 1.77. The fraction of sp³-hybridized carbons (Fsp3) is 0.400. The van der Waals surface area contributed by atoms with E-state index in [0.717, 1.165) is 41.7 Å². The van der Waals surface area contributed by atoms with Crippen molar-refractivity contribution in [3.8, 4) is 17.1 Å². The van der Waals surface area contributed by atoms with Gasteiger partial charge in [0.1, 0.15) is 11.6 Å². The van der Waals surface area contributed by atoms with Crippen LogP contribution in [0.4, 0.5) is 10.6 Å². The number of fused-ring (bicyclic) bond motifs is 1. The number of para-hydroxylation sites is 1. The molecule has 7 heteroatoms. The van der Waals surface area contributed by atoms with E-state index in [9.17, 15) is 15.0 Å². The highest BCUT2D eigenvalue weighted by Gasteiger charge is 2.31. The van der Waals surface area contributed by atoms with Crippen LogP contribution in [0.15, 0.2) is 42.5 Å². The van der Waals surface area contributed by atoms with E-state index in [1.165, 1.54) is 0 Å². The largest absolute Gasteiger partial charge is 0.507 e. The Morgan fingerprint density at radius 2 is 1.97 bits per heavy atom. The van der Waals surface area contributed by atoms with Gasteiger partial charge in [-0.1, -0.05) is 32.0 Å². The van der Waals surface area contributed by atoms with Gasteiger partial charge in [0.15, 0.2) is 5.82 Å². The summed E-state index contributed by atoms with van der Waals surface area (Å²) in [6.45, 7) is 7.69. The fourth-order valence-corrected chi connectivity index (χ4v) is 4.71. The standard InChI is InChI=1S/C25H30N4O3/c1-15(2)22(27-25(31)32)17-7-6-12-29(14-17)24-18-11-10-16(3)13-20(18)26-23(28-24)19-8-4-5-9-21(19)30/h4-5,8-11,13,15,17,22,27,30H,6-7,12,14H2,1-3H3,(H,31,32). The second-order valence-corrected chi connectivity index (χ2v) is 8.98. The van der Waals surface area contributed by atoms with Gasteiger partial charge in [0.2, 0.25) is 0 Å². The summed E-state index contributed by atoms with van der Waals surface area (Å²) in [7, 11) is 0. The summed E-state index contributed by atoms with van der Waals surface area (Å²) in [5.74, 6) is 1.84. The summed E-state index contributed by atoms with van der Waals surface area (Å²) in [4.78, 5) is 23.3. The third kappa shape index (κ3) is 4.47. The zero-order valence-corrected chi connectivity index (χ0v) is 18.7. The molecule has 2 heterocycles. The molecule has 2 aromatic carbocycles. The van der Waals surface area contributed by atoms with Crippen LogP contribution in [0.3, 0.4) is 0 Å². The number of phenolic OH excluding ortho intramolecular Hbond substituents is 1. The molecule has 3 aromatic rings. The third-order valence-corrected chi connectivity index (χ3v) is 6.25. The minimum atomic E-state index is -0.981. The molecule has 0 radical (unpaired) electrons. The van der Waals surface area contributed by atoms with Crippen molar-refractivity contribution in [1.82, 2.24) is 15.3 Å². The number of hydrogen-bond acceptors (Lipinski definition) is 5. The van der Waals surface area contributed by atoms with Gasteiger partial charge < -0.3 is 20.4 Å². The minimum Gasteiger partial charge on any atom is -0.507 e. The molecule has 32 heavy (non-hydrogen) atoms. The molecular formula is C25H30N4O3. The number of anilines is 1. The molecular weight excluding hydrogens is 404 g/mol. The number of aryl methyl sites for hydroxylation is 1. The second kappa shape index (κ2) is 9.02. The van der Waals surface area contributed by atoms with Gasteiger partial charge in [-0.15, -0.1) is 0 Å². The Hall–Kier alpha value is -3.35. The number of aromatic nitrogens is 2. The molecule has 0 aliphatic carbocycles. The molecule has 1 aliphatic heterocycles. The molecule has 0 bridgehead atoms. The van der Waals surface area contributed by atoms with E-state index in [-0.39, 0.29) is 23.6 Å². The number of hydrogen-bond donors (Lipinski definition) is 3. The van der Waals surface area contributed by atoms with Crippen molar-refractivity contribution >= 4 is 22.8 Å². The van der Waals surface area contributed by atoms with E-state index in [2.05, 4.69) is 30.1 Å². The molecule has 2 atom stereocenters. The van der Waals surface area contributed by atoms with Crippen molar-refractivity contribution in [3.63, 3.8) is 0 Å². The van der Waals surface area contributed by atoms with Crippen LogP contribution in [0.1, 0.15) is 32.3 Å². The minimum absolute atomic E-state index is 0.122. The van der Waals surface area contributed by atoms with E-state index in [0.29, 0.717) is 17.9 Å². The number of nitrogens with one attached hydrogen (secondary N) is 1. The first-order chi connectivity index (χ1) is 15.3. The molecule has 168 valence electrons. The number of benzene rings is 2. The zero-order chi connectivity index (χ0) is 22.8. The molecule has 0 spiro atoms. The number of aromatic hydroxyl groups is 1. The maximum Gasteiger partial charge on any atom is 0.404 e. The fourth-order valence-electron chi connectivity index (χ4n) is 4.71. The Bertz CT molecular complexity index is 1130. The van der Waals surface area contributed by atoms with E-state index >= 15 is 0 Å².